The van der Waals surface area contributed by atoms with Crippen molar-refractivity contribution < 1.29 is 18.0 Å². The van der Waals surface area contributed by atoms with Gasteiger partial charge in [-0.3, -0.25) is 13.9 Å². The summed E-state index contributed by atoms with van der Waals surface area (Å²) in [6.45, 7) is 9.06. The molecule has 8 heteroatoms. The van der Waals surface area contributed by atoms with E-state index < -0.39 is 28.5 Å². The molecule has 2 amide bonds. The maximum absolute atomic E-state index is 14.1. The number of aryl methyl sites for hydroxylation is 4. The lowest BCUT2D eigenvalue weighted by Gasteiger charge is -2.33. The molecule has 41 heavy (non-hydrogen) atoms. The third-order valence-corrected chi connectivity index (χ3v) is 9.64. The van der Waals surface area contributed by atoms with E-state index in [4.69, 9.17) is 0 Å². The minimum Gasteiger partial charge on any atom is -0.352 e. The third-order valence-electron chi connectivity index (χ3n) is 7.86. The van der Waals surface area contributed by atoms with Gasteiger partial charge in [-0.25, -0.2) is 8.42 Å². The van der Waals surface area contributed by atoms with Gasteiger partial charge in [0.1, 0.15) is 12.6 Å². The van der Waals surface area contributed by atoms with Crippen LogP contribution in [0.1, 0.15) is 60.4 Å². The summed E-state index contributed by atoms with van der Waals surface area (Å²) in [7, 11) is -4.10. The van der Waals surface area contributed by atoms with Crippen molar-refractivity contribution in [2.75, 3.05) is 10.8 Å². The summed E-state index contributed by atoms with van der Waals surface area (Å²) in [5.74, 6) is -0.673. The molecule has 7 nitrogen and oxygen atoms in total. The lowest BCUT2D eigenvalue weighted by molar-refractivity contribution is -0.139. The second-order valence-corrected chi connectivity index (χ2v) is 13.2. The number of hydrogen-bond donors (Lipinski definition) is 1. The van der Waals surface area contributed by atoms with E-state index in [-0.39, 0.29) is 23.4 Å². The first-order valence-electron chi connectivity index (χ1n) is 14.3. The number of carbonyl (C=O) groups excluding carboxylic acids is 2. The predicted octanol–water partition coefficient (Wildman–Crippen LogP) is 5.59. The van der Waals surface area contributed by atoms with Crippen LogP contribution in [-0.2, 0) is 26.2 Å². The first-order valence-corrected chi connectivity index (χ1v) is 15.7. The topological polar surface area (TPSA) is 86.8 Å². The maximum Gasteiger partial charge on any atom is 0.264 e. The molecule has 1 saturated carbocycles. The number of rotatable bonds is 10. The Labute approximate surface area is 244 Å². The molecule has 0 aromatic heterocycles. The first kappa shape index (κ1) is 30.3. The Morgan fingerprint density at radius 1 is 0.854 bits per heavy atom. The molecule has 3 aromatic carbocycles. The molecule has 1 fully saturated rings. The van der Waals surface area contributed by atoms with Crippen molar-refractivity contribution in [3.8, 4) is 0 Å². The van der Waals surface area contributed by atoms with Crippen molar-refractivity contribution in [1.82, 2.24) is 10.2 Å². The zero-order valence-corrected chi connectivity index (χ0v) is 25.5. The molecular formula is C33H41N3O4S. The average molecular weight is 576 g/mol. The highest BCUT2D eigenvalue weighted by Gasteiger charge is 2.34. The molecule has 3 aromatic rings. The third kappa shape index (κ3) is 7.36. The molecule has 0 saturated heterocycles. The summed E-state index contributed by atoms with van der Waals surface area (Å²) in [5, 5.41) is 3.11. The second-order valence-electron chi connectivity index (χ2n) is 11.3. The van der Waals surface area contributed by atoms with E-state index in [9.17, 15) is 18.0 Å². The highest BCUT2D eigenvalue weighted by molar-refractivity contribution is 7.92. The Bertz CT molecular complexity index is 1480. The van der Waals surface area contributed by atoms with E-state index in [1.807, 2.05) is 64.1 Å². The summed E-state index contributed by atoms with van der Waals surface area (Å²) in [6, 6.07) is 19.3. The highest BCUT2D eigenvalue weighted by Crippen LogP contribution is 2.29. The van der Waals surface area contributed by atoms with Gasteiger partial charge in [-0.15, -0.1) is 0 Å². The van der Waals surface area contributed by atoms with Crippen LogP contribution >= 0.6 is 0 Å². The lowest BCUT2D eigenvalue weighted by atomic mass is 10.1. The molecule has 0 bridgehead atoms. The standard InChI is InChI=1S/C33H41N3O4S/c1-23-11-16-28(17-12-23)21-35(27(5)33(38)34-29-8-6-7-9-29)32(37)22-36(31-20-25(3)10-15-26(31)4)41(39,40)30-18-13-24(2)14-19-30/h10-20,27,29H,6-9,21-22H2,1-5H3,(H,34,38)/t27-/m0/s1. The molecule has 0 radical (unpaired) electrons. The van der Waals surface area contributed by atoms with Gasteiger partial charge >= 0.3 is 0 Å². The molecule has 218 valence electrons. The van der Waals surface area contributed by atoms with Gasteiger partial charge in [-0.05, 0) is 82.3 Å². The molecule has 0 heterocycles. The normalized spacial score (nSPS) is 14.5. The van der Waals surface area contributed by atoms with Crippen LogP contribution < -0.4 is 9.62 Å². The fourth-order valence-electron chi connectivity index (χ4n) is 5.20. The number of benzene rings is 3. The quantitative estimate of drug-likeness (QED) is 0.341. The van der Waals surface area contributed by atoms with Crippen LogP contribution in [0.25, 0.3) is 0 Å². The van der Waals surface area contributed by atoms with Crippen molar-refractivity contribution in [3.63, 3.8) is 0 Å². The van der Waals surface area contributed by atoms with E-state index in [0.29, 0.717) is 5.69 Å². The number of amides is 2. The Hall–Kier alpha value is -3.65. The molecule has 4 rings (SSSR count). The summed E-state index contributed by atoms with van der Waals surface area (Å²) >= 11 is 0. The maximum atomic E-state index is 14.1. The van der Waals surface area contributed by atoms with E-state index in [0.717, 1.165) is 53.5 Å². The molecule has 0 aliphatic heterocycles. The monoisotopic (exact) mass is 575 g/mol. The summed E-state index contributed by atoms with van der Waals surface area (Å²) in [4.78, 5) is 29.1. The zero-order chi connectivity index (χ0) is 29.7. The molecule has 0 unspecified atom stereocenters. The van der Waals surface area contributed by atoms with Gasteiger partial charge in [-0.1, -0.05) is 72.5 Å². The average Bonchev–Trinajstić information content (AvgIpc) is 3.45. The van der Waals surface area contributed by atoms with Crippen LogP contribution in [0.15, 0.2) is 71.6 Å². The van der Waals surface area contributed by atoms with Crippen LogP contribution in [0.4, 0.5) is 5.69 Å². The van der Waals surface area contributed by atoms with Crippen LogP contribution in [0, 0.1) is 27.7 Å². The number of anilines is 1. The minimum atomic E-state index is -4.10. The van der Waals surface area contributed by atoms with Crippen molar-refractivity contribution in [1.29, 1.82) is 0 Å². The van der Waals surface area contributed by atoms with Gasteiger partial charge in [0.2, 0.25) is 11.8 Å². The minimum absolute atomic E-state index is 0.105. The Morgan fingerprint density at radius 3 is 2.02 bits per heavy atom. The van der Waals surface area contributed by atoms with Crippen LogP contribution in [-0.4, -0.2) is 43.8 Å². The number of carbonyl (C=O) groups is 2. The van der Waals surface area contributed by atoms with E-state index in [1.54, 1.807) is 37.3 Å². The van der Waals surface area contributed by atoms with E-state index >= 15 is 0 Å². The molecule has 1 aliphatic rings. The Morgan fingerprint density at radius 2 is 1.41 bits per heavy atom. The summed E-state index contributed by atoms with van der Waals surface area (Å²) in [5.41, 5.74) is 4.94. The van der Waals surface area contributed by atoms with Crippen LogP contribution in [0.2, 0.25) is 0 Å². The number of nitrogens with one attached hydrogen (secondary N) is 1. The van der Waals surface area contributed by atoms with Crippen molar-refractivity contribution >= 4 is 27.5 Å². The van der Waals surface area contributed by atoms with Gasteiger partial charge in [0, 0.05) is 12.6 Å². The smallest absolute Gasteiger partial charge is 0.264 e. The Kier molecular flexibility index (Phi) is 9.53. The van der Waals surface area contributed by atoms with Gasteiger partial charge in [0.25, 0.3) is 10.0 Å². The summed E-state index contributed by atoms with van der Waals surface area (Å²) < 4.78 is 29.3. The van der Waals surface area contributed by atoms with E-state index in [2.05, 4.69) is 5.32 Å². The fourth-order valence-corrected chi connectivity index (χ4v) is 6.67. The molecule has 1 aliphatic carbocycles. The van der Waals surface area contributed by atoms with Crippen molar-refractivity contribution in [3.05, 3.63) is 94.5 Å². The SMILES string of the molecule is Cc1ccc(CN(C(=O)CN(c2cc(C)ccc2C)S(=O)(=O)c2ccc(C)cc2)[C@@H](C)C(=O)NC2CCCC2)cc1. The van der Waals surface area contributed by atoms with Gasteiger partial charge < -0.3 is 10.2 Å². The number of hydrogen-bond acceptors (Lipinski definition) is 4. The van der Waals surface area contributed by atoms with Crippen LogP contribution in [0.3, 0.4) is 0 Å². The first-order chi connectivity index (χ1) is 19.5. The number of sulfonamides is 1. The van der Waals surface area contributed by atoms with Crippen LogP contribution in [0.5, 0.6) is 0 Å². The largest absolute Gasteiger partial charge is 0.352 e. The molecule has 1 atom stereocenters. The van der Waals surface area contributed by atoms with Gasteiger partial charge in [0.05, 0.1) is 10.6 Å². The molecule has 1 N–H and O–H groups in total. The highest BCUT2D eigenvalue weighted by atomic mass is 32.2. The molecule has 0 spiro atoms. The lowest BCUT2D eigenvalue weighted by Crippen LogP contribution is -2.52. The fraction of sp³-hybridized carbons (Fsp3) is 0.394. The zero-order valence-electron chi connectivity index (χ0n) is 24.7. The predicted molar refractivity (Wildman–Crippen MR) is 163 cm³/mol. The second kappa shape index (κ2) is 12.9. The van der Waals surface area contributed by atoms with Gasteiger partial charge in [0.15, 0.2) is 0 Å². The number of nitrogens with zero attached hydrogens (tertiary/aromatic N) is 2. The van der Waals surface area contributed by atoms with Gasteiger partial charge in [-0.2, -0.15) is 0 Å². The van der Waals surface area contributed by atoms with Crippen molar-refractivity contribution in [2.45, 2.75) is 83.8 Å². The van der Waals surface area contributed by atoms with Crippen molar-refractivity contribution in [2.24, 2.45) is 0 Å². The summed E-state index contributed by atoms with van der Waals surface area (Å²) in [6.07, 6.45) is 4.01. The Balaban J connectivity index is 1.71. The van der Waals surface area contributed by atoms with E-state index in [1.165, 1.54) is 9.21 Å². The molecular weight excluding hydrogens is 534 g/mol.